The Bertz CT molecular complexity index is 1160. The van der Waals surface area contributed by atoms with Gasteiger partial charge in [-0.2, -0.15) is 0 Å². The quantitative estimate of drug-likeness (QED) is 0.391. The summed E-state index contributed by atoms with van der Waals surface area (Å²) in [6.07, 6.45) is 28.7. The zero-order chi connectivity index (χ0) is 30.0. The van der Waals surface area contributed by atoms with E-state index < -0.39 is 0 Å². The Kier molecular flexibility index (Phi) is 7.13. The molecule has 1 spiro atoms. The fourth-order valence-corrected chi connectivity index (χ4v) is 16.5. The normalized spacial score (nSPS) is 57.0. The van der Waals surface area contributed by atoms with Gasteiger partial charge in [0.1, 0.15) is 0 Å². The lowest BCUT2D eigenvalue weighted by atomic mass is 9.50. The van der Waals surface area contributed by atoms with E-state index in [1.807, 2.05) is 0 Å². The van der Waals surface area contributed by atoms with Crippen molar-refractivity contribution in [3.8, 4) is 0 Å². The summed E-state index contributed by atoms with van der Waals surface area (Å²) in [6, 6.07) is 5.62. The van der Waals surface area contributed by atoms with Gasteiger partial charge in [-0.05, 0) is 153 Å². The van der Waals surface area contributed by atoms with Crippen LogP contribution in [-0.4, -0.2) is 102 Å². The second-order valence-corrected chi connectivity index (χ2v) is 19.5. The zero-order valence-electron chi connectivity index (χ0n) is 29.0. The fraction of sp³-hybridized carbons (Fsp3) is 1.00. The Morgan fingerprint density at radius 3 is 2.13 bits per heavy atom. The van der Waals surface area contributed by atoms with Crippen molar-refractivity contribution in [3.63, 3.8) is 0 Å². The van der Waals surface area contributed by atoms with E-state index in [1.54, 1.807) is 12.8 Å². The average molecular weight is 631 g/mol. The molecule has 3 N–H and O–H groups in total. The highest BCUT2D eigenvalue weighted by molar-refractivity contribution is 5.20. The average Bonchev–Trinajstić information content (AvgIpc) is 3.11. The molecule has 46 heavy (non-hydrogen) atoms. The second-order valence-electron chi connectivity index (χ2n) is 19.5. The van der Waals surface area contributed by atoms with Gasteiger partial charge in [-0.25, -0.2) is 0 Å². The van der Waals surface area contributed by atoms with Crippen molar-refractivity contribution in [3.05, 3.63) is 0 Å². The summed E-state index contributed by atoms with van der Waals surface area (Å²) in [6.45, 7) is 8.21. The summed E-state index contributed by atoms with van der Waals surface area (Å²) < 4.78 is 0. The number of hydrogen-bond acceptors (Lipinski definition) is 6. The first kappa shape index (κ1) is 29.5. The largest absolute Gasteiger partial charge is 0.313 e. The predicted molar refractivity (Wildman–Crippen MR) is 184 cm³/mol. The van der Waals surface area contributed by atoms with E-state index in [9.17, 15) is 0 Å². The van der Waals surface area contributed by atoms with E-state index in [0.29, 0.717) is 29.1 Å². The van der Waals surface area contributed by atoms with Gasteiger partial charge < -0.3 is 10.6 Å². The lowest BCUT2D eigenvalue weighted by molar-refractivity contribution is -0.211. The molecule has 0 radical (unpaired) electrons. The summed E-state index contributed by atoms with van der Waals surface area (Å²) >= 11 is 0. The van der Waals surface area contributed by atoms with Crippen molar-refractivity contribution >= 4 is 0 Å². The molecule has 9 aliphatic heterocycles. The molecular weight excluding hydrogens is 564 g/mol. The van der Waals surface area contributed by atoms with Crippen LogP contribution < -0.4 is 16.0 Å². The van der Waals surface area contributed by atoms with Crippen molar-refractivity contribution in [2.24, 2.45) is 40.4 Å². The van der Waals surface area contributed by atoms with Crippen molar-refractivity contribution < 1.29 is 0 Å². The topological polar surface area (TPSA) is 45.8 Å². The van der Waals surface area contributed by atoms with Crippen LogP contribution in [0.5, 0.6) is 0 Å². The zero-order valence-corrected chi connectivity index (χ0v) is 29.0. The lowest BCUT2D eigenvalue weighted by Gasteiger charge is -2.72. The maximum atomic E-state index is 4.65. The third kappa shape index (κ3) is 4.22. The van der Waals surface area contributed by atoms with Crippen molar-refractivity contribution in [1.29, 1.82) is 0 Å². The molecule has 6 bridgehead atoms. The number of nitrogens with one attached hydrogen (secondary N) is 3. The molecule has 2 saturated carbocycles. The van der Waals surface area contributed by atoms with Gasteiger partial charge in [0.25, 0.3) is 0 Å². The van der Waals surface area contributed by atoms with Crippen LogP contribution in [0.4, 0.5) is 0 Å². The Morgan fingerprint density at radius 1 is 0.543 bits per heavy atom. The third-order valence-electron chi connectivity index (χ3n) is 17.7. The fourth-order valence-electron chi connectivity index (χ4n) is 16.5. The Labute approximate surface area is 280 Å². The van der Waals surface area contributed by atoms with E-state index in [4.69, 9.17) is 0 Å². The van der Waals surface area contributed by atoms with Gasteiger partial charge in [0.15, 0.2) is 0 Å². The molecule has 256 valence electrons. The minimum Gasteiger partial charge on any atom is -0.313 e. The molecule has 11 fully saturated rings. The summed E-state index contributed by atoms with van der Waals surface area (Å²) in [5, 5.41) is 13.5. The van der Waals surface area contributed by atoms with Crippen molar-refractivity contribution in [2.45, 2.75) is 170 Å². The molecule has 9 saturated heterocycles. The molecule has 2 unspecified atom stereocenters. The van der Waals surface area contributed by atoms with Crippen LogP contribution in [0, 0.1) is 40.4 Å². The van der Waals surface area contributed by atoms with Crippen LogP contribution in [0.3, 0.4) is 0 Å². The molecule has 2 aliphatic carbocycles. The Morgan fingerprint density at radius 2 is 1.28 bits per heavy atom. The maximum Gasteiger partial charge on any atom is 0.0646 e. The van der Waals surface area contributed by atoms with Gasteiger partial charge in [-0.1, -0.05) is 19.3 Å². The van der Waals surface area contributed by atoms with Gasteiger partial charge in [-0.15, -0.1) is 0 Å². The molecule has 11 aliphatic rings. The van der Waals surface area contributed by atoms with Gasteiger partial charge in [0, 0.05) is 72.1 Å². The molecule has 9 heterocycles. The second kappa shape index (κ2) is 11.1. The van der Waals surface area contributed by atoms with Gasteiger partial charge >= 0.3 is 0 Å². The van der Waals surface area contributed by atoms with Gasteiger partial charge in [0.05, 0.1) is 6.17 Å². The SMILES string of the molecule is C1CN[C@@H]2[C@@H](C1)C[C@H]1C[C@@]2([C@H]2CCCC(C3CC[C@H]4N[C@@H]3N3CCC[C@H]5C[C@H]6C[C@]4(CN4CCCC[C@H]64)[C@@H]53)N2)CN2CCCC[C@H]12. The van der Waals surface area contributed by atoms with Crippen LogP contribution in [-0.2, 0) is 0 Å². The molecule has 0 aromatic carbocycles. The minimum atomic E-state index is 0.448. The minimum absolute atomic E-state index is 0.448. The monoisotopic (exact) mass is 631 g/mol. The van der Waals surface area contributed by atoms with E-state index in [1.165, 1.54) is 148 Å². The molecule has 6 heteroatoms. The Balaban J connectivity index is 0.883. The molecule has 0 aromatic rings. The van der Waals surface area contributed by atoms with Crippen LogP contribution in [0.25, 0.3) is 0 Å². The summed E-state index contributed by atoms with van der Waals surface area (Å²) in [5.41, 5.74) is 0.972. The molecule has 11 rings (SSSR count). The number of rotatable bonds is 2. The molecule has 6 nitrogen and oxygen atoms in total. The number of nitrogens with zero attached hydrogens (tertiary/aromatic N) is 3. The molecule has 0 amide bonds. The number of piperidine rings is 8. The van der Waals surface area contributed by atoms with Crippen molar-refractivity contribution in [2.75, 3.05) is 39.3 Å². The van der Waals surface area contributed by atoms with Crippen LogP contribution in [0.2, 0.25) is 0 Å². The number of fused-ring (bicyclic) bond motifs is 12. The smallest absolute Gasteiger partial charge is 0.0646 e. The van der Waals surface area contributed by atoms with E-state index in [0.717, 1.165) is 59.8 Å². The first-order chi connectivity index (χ1) is 22.7. The highest BCUT2D eigenvalue weighted by Crippen LogP contribution is 2.61. The van der Waals surface area contributed by atoms with E-state index >= 15 is 0 Å². The number of hydrogen-bond donors (Lipinski definition) is 3. The van der Waals surface area contributed by atoms with E-state index in [-0.39, 0.29) is 0 Å². The summed E-state index contributed by atoms with van der Waals surface area (Å²) in [7, 11) is 0. The first-order valence-electron chi connectivity index (χ1n) is 21.2. The third-order valence-corrected chi connectivity index (χ3v) is 17.7. The highest BCUT2D eigenvalue weighted by Gasteiger charge is 2.66. The van der Waals surface area contributed by atoms with Gasteiger partial charge in [0.2, 0.25) is 0 Å². The van der Waals surface area contributed by atoms with Crippen molar-refractivity contribution in [1.82, 2.24) is 30.7 Å². The summed E-state index contributed by atoms with van der Waals surface area (Å²) in [5.74, 6) is 4.64. The first-order valence-corrected chi connectivity index (χ1v) is 21.2. The molecule has 15 atom stereocenters. The predicted octanol–water partition coefficient (Wildman–Crippen LogP) is 5.18. The van der Waals surface area contributed by atoms with E-state index in [2.05, 4.69) is 30.7 Å². The Hall–Kier alpha value is -0.240. The maximum absolute atomic E-state index is 4.65. The highest BCUT2D eigenvalue weighted by atomic mass is 15.4. The molecule has 0 aromatic heterocycles. The van der Waals surface area contributed by atoms with Crippen LogP contribution in [0.1, 0.15) is 122 Å². The summed E-state index contributed by atoms with van der Waals surface area (Å²) in [4.78, 5) is 9.26. The van der Waals surface area contributed by atoms with Gasteiger partial charge in [-0.3, -0.25) is 20.0 Å². The van der Waals surface area contributed by atoms with Crippen LogP contribution >= 0.6 is 0 Å². The lowest BCUT2D eigenvalue weighted by Crippen LogP contribution is -2.82. The standard InChI is InChI=1S/C40H66N6/c1-3-17-44-24-39(22-28(32(44)11-1)20-26-8-6-16-41-36(26)39)34-13-5-10-31(42-34)30-14-15-35-40-23-29(33-12-2-4-18-45(33)25-40)21-27-9-7-19-46(37(27)40)38(30)43-35/h26-38,41-43H,1-25H2/t26-,27-,28-,29-,30?,31?,32+,33+,34+,35+,36+,37+,38+,39-,40+/m0/s1. The molecular formula is C40H66N6. The van der Waals surface area contributed by atoms with Crippen LogP contribution in [0.15, 0.2) is 0 Å².